The highest BCUT2D eigenvalue weighted by Crippen LogP contribution is 2.42. The van der Waals surface area contributed by atoms with Gasteiger partial charge in [0.05, 0.1) is 6.04 Å². The van der Waals surface area contributed by atoms with Gasteiger partial charge in [-0.15, -0.1) is 0 Å². The lowest BCUT2D eigenvalue weighted by Crippen LogP contribution is -2.47. The van der Waals surface area contributed by atoms with Crippen molar-refractivity contribution in [2.24, 2.45) is 0 Å². The molecule has 0 spiro atoms. The highest BCUT2D eigenvalue weighted by atomic mass is 16.2. The Hall–Kier alpha value is -2.62. The molecule has 1 aliphatic rings. The molecule has 2 atom stereocenters. The molecule has 0 radical (unpaired) electrons. The van der Waals surface area contributed by atoms with Crippen LogP contribution in [0.1, 0.15) is 45.2 Å². The topological polar surface area (TPSA) is 40.6 Å². The van der Waals surface area contributed by atoms with Gasteiger partial charge < -0.3 is 9.80 Å². The van der Waals surface area contributed by atoms with Crippen molar-refractivity contribution in [3.8, 4) is 0 Å². The van der Waals surface area contributed by atoms with Gasteiger partial charge in [-0.2, -0.15) is 0 Å². The monoisotopic (exact) mass is 336 g/mol. The van der Waals surface area contributed by atoms with E-state index >= 15 is 0 Å². The van der Waals surface area contributed by atoms with Crippen molar-refractivity contribution in [1.82, 2.24) is 0 Å². The average molecular weight is 336 g/mol. The zero-order valence-electron chi connectivity index (χ0n) is 15.0. The molecule has 4 heteroatoms. The second kappa shape index (κ2) is 7.09. The number of benzene rings is 2. The van der Waals surface area contributed by atoms with E-state index in [1.807, 2.05) is 78.2 Å². The molecule has 130 valence electrons. The number of amides is 2. The third kappa shape index (κ3) is 3.16. The van der Waals surface area contributed by atoms with Gasteiger partial charge in [-0.25, -0.2) is 0 Å². The predicted octanol–water partition coefficient (Wildman–Crippen LogP) is 4.32. The third-order valence-electron chi connectivity index (χ3n) is 4.82. The number of carbonyl (C=O) groups is 2. The van der Waals surface area contributed by atoms with E-state index in [9.17, 15) is 9.59 Å². The maximum Gasteiger partial charge on any atom is 0.227 e. The Balaban J connectivity index is 2.12. The zero-order chi connectivity index (χ0) is 18.0. The van der Waals surface area contributed by atoms with Crippen molar-refractivity contribution >= 4 is 23.2 Å². The lowest BCUT2D eigenvalue weighted by Gasteiger charge is -2.43. The Morgan fingerprint density at radius 2 is 1.72 bits per heavy atom. The Kier molecular flexibility index (Phi) is 4.88. The summed E-state index contributed by atoms with van der Waals surface area (Å²) >= 11 is 0. The van der Waals surface area contributed by atoms with Crippen LogP contribution in [0.2, 0.25) is 0 Å². The fourth-order valence-electron chi connectivity index (χ4n) is 3.76. The van der Waals surface area contributed by atoms with Gasteiger partial charge in [-0.1, -0.05) is 43.3 Å². The van der Waals surface area contributed by atoms with Gasteiger partial charge in [-0.05, 0) is 37.1 Å². The maximum absolute atomic E-state index is 12.8. The largest absolute Gasteiger partial charge is 0.309 e. The summed E-state index contributed by atoms with van der Waals surface area (Å²) in [5.41, 5.74) is 2.84. The first kappa shape index (κ1) is 17.2. The van der Waals surface area contributed by atoms with E-state index in [4.69, 9.17) is 0 Å². The molecule has 4 nitrogen and oxygen atoms in total. The van der Waals surface area contributed by atoms with Crippen LogP contribution in [0.15, 0.2) is 54.6 Å². The molecule has 2 aromatic carbocycles. The van der Waals surface area contributed by atoms with E-state index in [1.54, 1.807) is 6.92 Å². The summed E-state index contributed by atoms with van der Waals surface area (Å²) in [6, 6.07) is 17.7. The number of para-hydroxylation sites is 2. The minimum atomic E-state index is -0.0725. The molecule has 25 heavy (non-hydrogen) atoms. The number of carbonyl (C=O) groups excluding carboxylic acids is 2. The highest BCUT2D eigenvalue weighted by Gasteiger charge is 2.37. The summed E-state index contributed by atoms with van der Waals surface area (Å²) in [4.78, 5) is 28.7. The first-order valence-corrected chi connectivity index (χ1v) is 8.80. The molecule has 0 aliphatic carbocycles. The number of rotatable bonds is 3. The van der Waals surface area contributed by atoms with E-state index in [-0.39, 0.29) is 23.9 Å². The van der Waals surface area contributed by atoms with Crippen molar-refractivity contribution in [2.45, 2.75) is 45.7 Å². The summed E-state index contributed by atoms with van der Waals surface area (Å²) in [7, 11) is 0. The molecule has 0 saturated heterocycles. The van der Waals surface area contributed by atoms with Gasteiger partial charge in [-0.3, -0.25) is 9.59 Å². The van der Waals surface area contributed by atoms with Gasteiger partial charge in [0.25, 0.3) is 0 Å². The van der Waals surface area contributed by atoms with E-state index in [0.717, 1.165) is 23.4 Å². The van der Waals surface area contributed by atoms with Crippen LogP contribution >= 0.6 is 0 Å². The van der Waals surface area contributed by atoms with Crippen LogP contribution in [0.3, 0.4) is 0 Å². The highest BCUT2D eigenvalue weighted by molar-refractivity contribution is 5.97. The van der Waals surface area contributed by atoms with Gasteiger partial charge in [0.2, 0.25) is 11.8 Å². The Morgan fingerprint density at radius 3 is 2.36 bits per heavy atom. The van der Waals surface area contributed by atoms with E-state index in [0.29, 0.717) is 6.42 Å². The minimum Gasteiger partial charge on any atom is -0.309 e. The fraction of sp³-hybridized carbons (Fsp3) is 0.333. The van der Waals surface area contributed by atoms with Crippen molar-refractivity contribution in [1.29, 1.82) is 0 Å². The summed E-state index contributed by atoms with van der Waals surface area (Å²) in [5.74, 6) is 0.126. The number of fused-ring (bicyclic) bond motifs is 1. The molecule has 0 unspecified atom stereocenters. The van der Waals surface area contributed by atoms with Crippen molar-refractivity contribution < 1.29 is 9.59 Å². The average Bonchev–Trinajstić information content (AvgIpc) is 2.62. The first-order valence-electron chi connectivity index (χ1n) is 8.80. The second-order valence-electron chi connectivity index (χ2n) is 6.50. The van der Waals surface area contributed by atoms with E-state index in [2.05, 4.69) is 0 Å². The van der Waals surface area contributed by atoms with E-state index in [1.165, 1.54) is 0 Å². The molecular formula is C21H24N2O2. The molecule has 1 heterocycles. The molecule has 3 rings (SSSR count). The molecule has 2 amide bonds. The summed E-state index contributed by atoms with van der Waals surface area (Å²) in [6.07, 6.45) is 1.16. The molecular weight excluding hydrogens is 312 g/mol. The lowest BCUT2D eigenvalue weighted by atomic mass is 9.89. The SMILES string of the molecule is CCC(=O)N(c1ccccc1)[C@H]1C[C@@H](C)N(C(C)=O)c2ccccc21. The smallest absolute Gasteiger partial charge is 0.227 e. The second-order valence-corrected chi connectivity index (χ2v) is 6.50. The zero-order valence-corrected chi connectivity index (χ0v) is 15.0. The third-order valence-corrected chi connectivity index (χ3v) is 4.82. The number of hydrogen-bond acceptors (Lipinski definition) is 2. The molecule has 2 aromatic rings. The minimum absolute atomic E-state index is 0.0338. The lowest BCUT2D eigenvalue weighted by molar-refractivity contribution is -0.118. The summed E-state index contributed by atoms with van der Waals surface area (Å²) in [5, 5.41) is 0. The number of anilines is 2. The molecule has 0 N–H and O–H groups in total. The van der Waals surface area contributed by atoms with Crippen LogP contribution in [0.25, 0.3) is 0 Å². The van der Waals surface area contributed by atoms with Crippen LogP contribution in [-0.4, -0.2) is 17.9 Å². The van der Waals surface area contributed by atoms with Crippen molar-refractivity contribution in [2.75, 3.05) is 9.80 Å². The van der Waals surface area contributed by atoms with Gasteiger partial charge in [0.1, 0.15) is 0 Å². The van der Waals surface area contributed by atoms with Gasteiger partial charge >= 0.3 is 0 Å². The standard InChI is InChI=1S/C21H24N2O2/c1-4-21(25)23(17-10-6-5-7-11-17)20-14-15(2)22(16(3)24)19-13-9-8-12-18(19)20/h5-13,15,20H,4,14H2,1-3H3/t15-,20+/m1/s1. The number of nitrogens with zero attached hydrogens (tertiary/aromatic N) is 2. The van der Waals surface area contributed by atoms with Crippen molar-refractivity contribution in [3.05, 3.63) is 60.2 Å². The molecule has 0 bridgehead atoms. The van der Waals surface area contributed by atoms with Gasteiger partial charge in [0, 0.05) is 30.8 Å². The number of hydrogen-bond donors (Lipinski definition) is 0. The van der Waals surface area contributed by atoms with Crippen LogP contribution in [0.5, 0.6) is 0 Å². The quantitative estimate of drug-likeness (QED) is 0.838. The van der Waals surface area contributed by atoms with Crippen molar-refractivity contribution in [3.63, 3.8) is 0 Å². The van der Waals surface area contributed by atoms with Crippen LogP contribution in [0, 0.1) is 0 Å². The maximum atomic E-state index is 12.8. The Labute approximate surface area is 149 Å². The van der Waals surface area contributed by atoms with Crippen LogP contribution < -0.4 is 9.80 Å². The Morgan fingerprint density at radius 1 is 1.08 bits per heavy atom. The predicted molar refractivity (Wildman–Crippen MR) is 101 cm³/mol. The molecule has 0 aromatic heterocycles. The van der Waals surface area contributed by atoms with Crippen LogP contribution in [0.4, 0.5) is 11.4 Å². The molecule has 0 saturated carbocycles. The Bertz CT molecular complexity index is 772. The summed E-state index contributed by atoms with van der Waals surface area (Å²) < 4.78 is 0. The first-order chi connectivity index (χ1) is 12.0. The van der Waals surface area contributed by atoms with E-state index < -0.39 is 0 Å². The molecule has 1 aliphatic heterocycles. The normalized spacial score (nSPS) is 19.2. The van der Waals surface area contributed by atoms with Gasteiger partial charge in [0.15, 0.2) is 0 Å². The molecule has 0 fully saturated rings. The fourth-order valence-corrected chi connectivity index (χ4v) is 3.76. The van der Waals surface area contributed by atoms with Crippen LogP contribution in [-0.2, 0) is 9.59 Å². The summed E-state index contributed by atoms with van der Waals surface area (Å²) in [6.45, 7) is 5.53.